The van der Waals surface area contributed by atoms with E-state index in [1.165, 1.54) is 11.0 Å². The number of alkyl halides is 1. The van der Waals surface area contributed by atoms with E-state index < -0.39 is 17.9 Å². The van der Waals surface area contributed by atoms with Crippen molar-refractivity contribution in [2.45, 2.75) is 45.6 Å². The van der Waals surface area contributed by atoms with Crippen LogP contribution in [0.15, 0.2) is 65.5 Å². The fourth-order valence-corrected chi connectivity index (χ4v) is 6.41. The Morgan fingerprint density at radius 3 is 2.48 bits per heavy atom. The molecule has 4 heterocycles. The average Bonchev–Trinajstić information content (AvgIpc) is 3.37. The quantitative estimate of drug-likeness (QED) is 0.299. The van der Waals surface area contributed by atoms with Crippen LogP contribution in [-0.2, 0) is 18.4 Å². The van der Waals surface area contributed by atoms with Crippen molar-refractivity contribution in [2.75, 3.05) is 50.7 Å². The number of benzene rings is 2. The number of aromatic amines is 1. The monoisotopic (exact) mass is 630 g/mol. The molecule has 11 heteroatoms. The van der Waals surface area contributed by atoms with E-state index in [-0.39, 0.29) is 18.0 Å². The summed E-state index contributed by atoms with van der Waals surface area (Å²) in [5, 5.41) is 5.87. The van der Waals surface area contributed by atoms with Crippen molar-refractivity contribution in [2.24, 2.45) is 13.0 Å². The highest BCUT2D eigenvalue weighted by atomic mass is 19.1. The third-order valence-electron chi connectivity index (χ3n) is 8.74. The SMILES string of the molecule is Cn1nc(-c2ccc(=O)[nH]c2OCc2ccccc2)c2cccc(N3CCN(CC4CCN(C(=O)OC(C)(C)C)CC4F)CC3)c21. The molecule has 2 saturated heterocycles. The summed E-state index contributed by atoms with van der Waals surface area (Å²) in [7, 11) is 1.94. The zero-order valence-corrected chi connectivity index (χ0v) is 27.0. The van der Waals surface area contributed by atoms with Crippen LogP contribution in [0.25, 0.3) is 22.2 Å². The minimum Gasteiger partial charge on any atom is -0.474 e. The second kappa shape index (κ2) is 13.2. The van der Waals surface area contributed by atoms with Gasteiger partial charge >= 0.3 is 6.09 Å². The highest BCUT2D eigenvalue weighted by molar-refractivity contribution is 6.01. The Morgan fingerprint density at radius 1 is 1.00 bits per heavy atom. The third-order valence-corrected chi connectivity index (χ3v) is 8.74. The number of aromatic nitrogens is 3. The van der Waals surface area contributed by atoms with Gasteiger partial charge in [0.2, 0.25) is 5.88 Å². The molecule has 46 heavy (non-hydrogen) atoms. The minimum absolute atomic E-state index is 0.0820. The number of anilines is 1. The number of rotatable bonds is 7. The van der Waals surface area contributed by atoms with E-state index in [9.17, 15) is 9.59 Å². The summed E-state index contributed by atoms with van der Waals surface area (Å²) < 4.78 is 28.7. The number of pyridine rings is 1. The maximum absolute atomic E-state index is 15.2. The molecule has 0 bridgehead atoms. The lowest BCUT2D eigenvalue weighted by atomic mass is 9.94. The van der Waals surface area contributed by atoms with Crippen LogP contribution in [0.3, 0.4) is 0 Å². The molecule has 2 unspecified atom stereocenters. The average molecular weight is 631 g/mol. The number of para-hydroxylation sites is 1. The van der Waals surface area contributed by atoms with Gasteiger partial charge in [-0.2, -0.15) is 5.10 Å². The lowest BCUT2D eigenvalue weighted by Gasteiger charge is -2.41. The van der Waals surface area contributed by atoms with Gasteiger partial charge in [0.05, 0.1) is 23.3 Å². The van der Waals surface area contributed by atoms with Crippen LogP contribution in [0.1, 0.15) is 32.8 Å². The number of fused-ring (bicyclic) bond motifs is 1. The van der Waals surface area contributed by atoms with Gasteiger partial charge in [0.1, 0.15) is 24.1 Å². The number of piperidine rings is 1. The van der Waals surface area contributed by atoms with E-state index in [2.05, 4.69) is 26.9 Å². The number of carbonyl (C=O) groups is 1. The molecule has 1 N–H and O–H groups in total. The summed E-state index contributed by atoms with van der Waals surface area (Å²) in [6, 6.07) is 19.3. The van der Waals surface area contributed by atoms with E-state index in [0.29, 0.717) is 32.0 Å². The number of hydrogen-bond acceptors (Lipinski definition) is 7. The Balaban J connectivity index is 1.13. The van der Waals surface area contributed by atoms with Gasteiger partial charge in [0.15, 0.2) is 0 Å². The number of carbonyl (C=O) groups excluding carboxylic acids is 1. The topological polar surface area (TPSA) is 95.9 Å². The van der Waals surface area contributed by atoms with Crippen molar-refractivity contribution < 1.29 is 18.7 Å². The highest BCUT2D eigenvalue weighted by Crippen LogP contribution is 2.37. The molecule has 244 valence electrons. The van der Waals surface area contributed by atoms with Crippen molar-refractivity contribution in [3.05, 3.63) is 76.6 Å². The lowest BCUT2D eigenvalue weighted by Crippen LogP contribution is -2.52. The third kappa shape index (κ3) is 7.04. The number of likely N-dealkylation sites (tertiary alicyclic amines) is 1. The number of nitrogens with zero attached hydrogens (tertiary/aromatic N) is 5. The van der Waals surface area contributed by atoms with Crippen LogP contribution in [0.4, 0.5) is 14.9 Å². The molecule has 2 aromatic heterocycles. The molecule has 0 saturated carbocycles. The number of halogens is 1. The molecule has 2 fully saturated rings. The Bertz CT molecular complexity index is 1720. The Labute approximate surface area is 268 Å². The first kappa shape index (κ1) is 31.6. The molecular weight excluding hydrogens is 587 g/mol. The first-order chi connectivity index (χ1) is 22.1. The Kier molecular flexibility index (Phi) is 9.04. The maximum Gasteiger partial charge on any atom is 0.410 e. The molecule has 6 rings (SSSR count). The molecule has 0 aliphatic carbocycles. The number of aryl methyl sites for hydroxylation is 1. The number of amides is 1. The largest absolute Gasteiger partial charge is 0.474 e. The van der Waals surface area contributed by atoms with Crippen LogP contribution in [0.5, 0.6) is 5.88 Å². The summed E-state index contributed by atoms with van der Waals surface area (Å²) in [5.74, 6) is 0.280. The van der Waals surface area contributed by atoms with E-state index in [4.69, 9.17) is 14.6 Å². The molecule has 1 amide bonds. The Morgan fingerprint density at radius 2 is 1.76 bits per heavy atom. The summed E-state index contributed by atoms with van der Waals surface area (Å²) >= 11 is 0. The van der Waals surface area contributed by atoms with Gasteiger partial charge in [-0.25, -0.2) is 9.18 Å². The first-order valence-corrected chi connectivity index (χ1v) is 16.0. The number of H-pyrrole nitrogens is 1. The fourth-order valence-electron chi connectivity index (χ4n) is 6.41. The van der Waals surface area contributed by atoms with Gasteiger partial charge < -0.3 is 19.3 Å². The lowest BCUT2D eigenvalue weighted by molar-refractivity contribution is 0.00145. The highest BCUT2D eigenvalue weighted by Gasteiger charge is 2.35. The first-order valence-electron chi connectivity index (χ1n) is 16.0. The number of hydrogen-bond donors (Lipinski definition) is 1. The summed E-state index contributed by atoms with van der Waals surface area (Å²) in [4.78, 5) is 33.7. The normalized spacial score (nSPS) is 19.4. The van der Waals surface area contributed by atoms with E-state index in [0.717, 1.165) is 59.6 Å². The molecule has 0 spiro atoms. The van der Waals surface area contributed by atoms with Crippen LogP contribution < -0.4 is 15.2 Å². The van der Waals surface area contributed by atoms with Gasteiger partial charge in [0.25, 0.3) is 5.56 Å². The number of piperazine rings is 1. The standard InChI is InChI=1S/C35H43FN6O4/c1-35(2,3)46-34(44)42-16-15-25(28(36)22-42)21-40-17-19-41(20-18-40)29-12-8-11-26-31(38-39(4)32(26)29)27-13-14-30(43)37-33(27)45-23-24-9-6-5-7-10-24/h5-14,25,28H,15-23H2,1-4H3,(H,37,43). The van der Waals surface area contributed by atoms with Crippen LogP contribution in [0, 0.1) is 5.92 Å². The smallest absolute Gasteiger partial charge is 0.410 e. The van der Waals surface area contributed by atoms with Crippen LogP contribution in [0.2, 0.25) is 0 Å². The second-order valence-electron chi connectivity index (χ2n) is 13.3. The molecule has 2 atom stereocenters. The minimum atomic E-state index is -1.07. The predicted octanol–water partition coefficient (Wildman–Crippen LogP) is 5.22. The van der Waals surface area contributed by atoms with E-state index in [1.54, 1.807) is 6.07 Å². The summed E-state index contributed by atoms with van der Waals surface area (Å²) in [5.41, 5.74) is 3.72. The summed E-state index contributed by atoms with van der Waals surface area (Å²) in [6.45, 7) is 10.3. The molecule has 10 nitrogen and oxygen atoms in total. The van der Waals surface area contributed by atoms with Gasteiger partial charge in [0, 0.05) is 63.7 Å². The molecule has 2 aromatic carbocycles. The molecule has 2 aliphatic rings. The van der Waals surface area contributed by atoms with Gasteiger partial charge in [-0.1, -0.05) is 42.5 Å². The van der Waals surface area contributed by atoms with Gasteiger partial charge in [-0.15, -0.1) is 0 Å². The van der Waals surface area contributed by atoms with E-state index >= 15 is 4.39 Å². The second-order valence-corrected chi connectivity index (χ2v) is 13.3. The number of nitrogens with one attached hydrogen (secondary N) is 1. The summed E-state index contributed by atoms with van der Waals surface area (Å²) in [6.07, 6.45) is -0.888. The predicted molar refractivity (Wildman–Crippen MR) is 177 cm³/mol. The maximum atomic E-state index is 15.2. The van der Waals surface area contributed by atoms with E-state index in [1.807, 2.05) is 68.9 Å². The molecule has 2 aliphatic heterocycles. The van der Waals surface area contributed by atoms with Gasteiger partial charge in [-0.3, -0.25) is 19.4 Å². The van der Waals surface area contributed by atoms with Crippen molar-refractivity contribution in [1.82, 2.24) is 24.6 Å². The van der Waals surface area contributed by atoms with Gasteiger partial charge in [-0.05, 0) is 44.9 Å². The Hall–Kier alpha value is -4.38. The number of ether oxygens (including phenoxy) is 2. The zero-order valence-electron chi connectivity index (χ0n) is 27.0. The van der Waals surface area contributed by atoms with Crippen molar-refractivity contribution in [3.8, 4) is 17.1 Å². The van der Waals surface area contributed by atoms with Crippen LogP contribution in [-0.4, -0.2) is 88.2 Å². The fraction of sp³-hybridized carbons (Fsp3) is 0.457. The van der Waals surface area contributed by atoms with Crippen molar-refractivity contribution in [1.29, 1.82) is 0 Å². The molecule has 0 radical (unpaired) electrons. The van der Waals surface area contributed by atoms with Crippen LogP contribution >= 0.6 is 0 Å². The zero-order chi connectivity index (χ0) is 32.4. The van der Waals surface area contributed by atoms with Crippen molar-refractivity contribution >= 4 is 22.7 Å². The molecule has 4 aromatic rings. The molecular formula is C35H43FN6O4. The van der Waals surface area contributed by atoms with Crippen molar-refractivity contribution in [3.63, 3.8) is 0 Å².